The first-order valence-electron chi connectivity index (χ1n) is 9.16. The molecule has 0 spiro atoms. The van der Waals surface area contributed by atoms with Crippen molar-refractivity contribution in [2.24, 2.45) is 0 Å². The quantitative estimate of drug-likeness (QED) is 0.537. The molecule has 148 valence electrons. The van der Waals surface area contributed by atoms with E-state index in [1.807, 2.05) is 42.5 Å². The third-order valence-corrected chi connectivity index (χ3v) is 4.31. The monoisotopic (exact) mass is 407 g/mol. The van der Waals surface area contributed by atoms with Crippen molar-refractivity contribution in [3.63, 3.8) is 0 Å². The van der Waals surface area contributed by atoms with Gasteiger partial charge in [0.05, 0.1) is 0 Å². The van der Waals surface area contributed by atoms with Crippen LogP contribution >= 0.6 is 12.2 Å². The number of hydrogen-bond donors (Lipinski definition) is 3. The fraction of sp³-hybridized carbons (Fsp3) is 0.136. The van der Waals surface area contributed by atoms with Crippen molar-refractivity contribution in [1.29, 1.82) is 0 Å². The van der Waals surface area contributed by atoms with Crippen LogP contribution in [0.15, 0.2) is 66.7 Å². The van der Waals surface area contributed by atoms with Gasteiger partial charge in [0.15, 0.2) is 11.7 Å². The molecule has 0 saturated carbocycles. The van der Waals surface area contributed by atoms with Crippen LogP contribution in [0.5, 0.6) is 5.75 Å². The highest BCUT2D eigenvalue weighted by Gasteiger charge is 2.07. The van der Waals surface area contributed by atoms with E-state index in [9.17, 15) is 9.59 Å². The zero-order valence-electron chi connectivity index (χ0n) is 15.9. The Morgan fingerprint density at radius 2 is 1.52 bits per heavy atom. The van der Waals surface area contributed by atoms with E-state index in [-0.39, 0.29) is 23.5 Å². The summed E-state index contributed by atoms with van der Waals surface area (Å²) in [4.78, 5) is 23.5. The van der Waals surface area contributed by atoms with Crippen LogP contribution in [-0.4, -0.2) is 23.5 Å². The van der Waals surface area contributed by atoms with Gasteiger partial charge in [0.2, 0.25) is 5.91 Å². The summed E-state index contributed by atoms with van der Waals surface area (Å²) in [6.45, 7) is 1.65. The average Bonchev–Trinajstić information content (AvgIpc) is 2.73. The minimum Gasteiger partial charge on any atom is -0.483 e. The lowest BCUT2D eigenvalue weighted by atomic mass is 10.1. The Labute approximate surface area is 174 Å². The van der Waals surface area contributed by atoms with E-state index in [2.05, 4.69) is 16.0 Å². The molecule has 0 atom stereocenters. The molecule has 7 heteroatoms. The number of hydrogen-bond acceptors (Lipinski definition) is 4. The topological polar surface area (TPSA) is 79.5 Å². The van der Waals surface area contributed by atoms with Crippen LogP contribution in [-0.2, 0) is 9.59 Å². The SMILES string of the molecule is CCC(=O)NC(=S)Nc1ccc(NC(=O)COc2cccc3ccccc23)cc1. The largest absolute Gasteiger partial charge is 0.483 e. The predicted molar refractivity (Wildman–Crippen MR) is 119 cm³/mol. The van der Waals surface area contributed by atoms with Crippen LogP contribution in [0.4, 0.5) is 11.4 Å². The van der Waals surface area contributed by atoms with E-state index in [0.29, 0.717) is 23.5 Å². The van der Waals surface area contributed by atoms with E-state index in [1.165, 1.54) is 0 Å². The molecule has 0 aliphatic rings. The van der Waals surface area contributed by atoms with Gasteiger partial charge in [-0.15, -0.1) is 0 Å². The van der Waals surface area contributed by atoms with E-state index < -0.39 is 0 Å². The van der Waals surface area contributed by atoms with Gasteiger partial charge in [0.1, 0.15) is 5.75 Å². The Morgan fingerprint density at radius 1 is 0.862 bits per heavy atom. The van der Waals surface area contributed by atoms with Crippen molar-refractivity contribution in [3.8, 4) is 5.75 Å². The molecule has 0 heterocycles. The number of thiocarbonyl (C=S) groups is 1. The number of fused-ring (bicyclic) bond motifs is 1. The summed E-state index contributed by atoms with van der Waals surface area (Å²) in [6, 6.07) is 20.6. The first-order chi connectivity index (χ1) is 14.0. The Morgan fingerprint density at radius 3 is 2.24 bits per heavy atom. The molecule has 3 N–H and O–H groups in total. The van der Waals surface area contributed by atoms with Gasteiger partial charge in [0.25, 0.3) is 5.91 Å². The van der Waals surface area contributed by atoms with Crippen molar-refractivity contribution in [2.75, 3.05) is 17.2 Å². The van der Waals surface area contributed by atoms with Crippen molar-refractivity contribution in [3.05, 3.63) is 66.7 Å². The van der Waals surface area contributed by atoms with Crippen molar-refractivity contribution >= 4 is 51.3 Å². The first kappa shape index (κ1) is 20.3. The molecule has 0 radical (unpaired) electrons. The Balaban J connectivity index is 1.53. The summed E-state index contributed by atoms with van der Waals surface area (Å²) in [7, 11) is 0. The molecule has 0 unspecified atom stereocenters. The van der Waals surface area contributed by atoms with Crippen molar-refractivity contribution in [2.45, 2.75) is 13.3 Å². The lowest BCUT2D eigenvalue weighted by molar-refractivity contribution is -0.119. The molecular weight excluding hydrogens is 386 g/mol. The third kappa shape index (κ3) is 5.76. The zero-order chi connectivity index (χ0) is 20.6. The predicted octanol–water partition coefficient (Wildman–Crippen LogP) is 4.08. The van der Waals surface area contributed by atoms with Crippen LogP contribution < -0.4 is 20.7 Å². The smallest absolute Gasteiger partial charge is 0.262 e. The molecule has 29 heavy (non-hydrogen) atoms. The molecule has 0 bridgehead atoms. The van der Waals surface area contributed by atoms with Crippen LogP contribution in [0, 0.1) is 0 Å². The highest BCUT2D eigenvalue weighted by Crippen LogP contribution is 2.25. The second kappa shape index (κ2) is 9.66. The highest BCUT2D eigenvalue weighted by atomic mass is 32.1. The summed E-state index contributed by atoms with van der Waals surface area (Å²) in [5.41, 5.74) is 1.34. The molecule has 6 nitrogen and oxygen atoms in total. The van der Waals surface area contributed by atoms with E-state index in [0.717, 1.165) is 10.8 Å². The number of rotatable bonds is 6. The maximum Gasteiger partial charge on any atom is 0.262 e. The molecular formula is C22H21N3O3S. The lowest BCUT2D eigenvalue weighted by Crippen LogP contribution is -2.33. The van der Waals surface area contributed by atoms with Crippen LogP contribution in [0.25, 0.3) is 10.8 Å². The van der Waals surface area contributed by atoms with Gasteiger partial charge >= 0.3 is 0 Å². The Bertz CT molecular complexity index is 1030. The lowest BCUT2D eigenvalue weighted by Gasteiger charge is -2.11. The van der Waals surface area contributed by atoms with Gasteiger partial charge in [-0.3, -0.25) is 9.59 Å². The third-order valence-electron chi connectivity index (χ3n) is 4.11. The first-order valence-corrected chi connectivity index (χ1v) is 9.57. The summed E-state index contributed by atoms with van der Waals surface area (Å²) >= 11 is 5.07. The second-order valence-corrected chi connectivity index (χ2v) is 6.66. The van der Waals surface area contributed by atoms with Gasteiger partial charge in [-0.1, -0.05) is 43.3 Å². The number of benzene rings is 3. The second-order valence-electron chi connectivity index (χ2n) is 6.25. The minimum absolute atomic E-state index is 0.0961. The highest BCUT2D eigenvalue weighted by molar-refractivity contribution is 7.80. The molecule has 3 rings (SSSR count). The van der Waals surface area contributed by atoms with Gasteiger partial charge in [-0.25, -0.2) is 0 Å². The molecule has 3 aromatic carbocycles. The maximum absolute atomic E-state index is 12.2. The summed E-state index contributed by atoms with van der Waals surface area (Å²) in [5.74, 6) is 0.252. The van der Waals surface area contributed by atoms with Crippen molar-refractivity contribution < 1.29 is 14.3 Å². The molecule has 0 saturated heterocycles. The zero-order valence-corrected chi connectivity index (χ0v) is 16.7. The summed E-state index contributed by atoms with van der Waals surface area (Å²) in [5, 5.41) is 10.5. The van der Waals surface area contributed by atoms with Gasteiger partial charge in [0, 0.05) is 23.2 Å². The van der Waals surface area contributed by atoms with E-state index in [1.54, 1.807) is 31.2 Å². The normalized spacial score (nSPS) is 10.2. The fourth-order valence-electron chi connectivity index (χ4n) is 2.68. The van der Waals surface area contributed by atoms with Crippen LogP contribution in [0.1, 0.15) is 13.3 Å². The standard InChI is InChI=1S/C22H21N3O3S/c1-2-20(26)25-22(29)24-17-12-10-16(11-13-17)23-21(27)14-28-19-9-5-7-15-6-3-4-8-18(15)19/h3-13H,2,14H2,1H3,(H,23,27)(H2,24,25,26,29). The van der Waals surface area contributed by atoms with Crippen LogP contribution in [0.3, 0.4) is 0 Å². The van der Waals surface area contributed by atoms with Crippen molar-refractivity contribution in [1.82, 2.24) is 5.32 Å². The summed E-state index contributed by atoms with van der Waals surface area (Å²) < 4.78 is 5.70. The van der Waals surface area contributed by atoms with Crippen LogP contribution in [0.2, 0.25) is 0 Å². The Hall–Kier alpha value is -3.45. The van der Waals surface area contributed by atoms with Gasteiger partial charge < -0.3 is 20.7 Å². The molecule has 0 aliphatic carbocycles. The van der Waals surface area contributed by atoms with E-state index in [4.69, 9.17) is 17.0 Å². The van der Waals surface area contributed by atoms with Gasteiger partial charge in [-0.2, -0.15) is 0 Å². The fourth-order valence-corrected chi connectivity index (χ4v) is 2.91. The summed E-state index contributed by atoms with van der Waals surface area (Å²) in [6.07, 6.45) is 0.355. The number of nitrogens with one attached hydrogen (secondary N) is 3. The number of amides is 2. The number of carbonyl (C=O) groups is 2. The van der Waals surface area contributed by atoms with Gasteiger partial charge in [-0.05, 0) is 47.9 Å². The minimum atomic E-state index is -0.260. The molecule has 0 aliphatic heterocycles. The average molecular weight is 407 g/mol. The molecule has 0 aromatic heterocycles. The number of anilines is 2. The Kier molecular flexibility index (Phi) is 6.76. The number of carbonyl (C=O) groups excluding carboxylic acids is 2. The molecule has 0 fully saturated rings. The molecule has 3 aromatic rings. The maximum atomic E-state index is 12.2. The van der Waals surface area contributed by atoms with E-state index >= 15 is 0 Å². The molecule has 2 amide bonds. The number of ether oxygens (including phenoxy) is 1.